The highest BCUT2D eigenvalue weighted by Gasteiger charge is 2.19. The highest BCUT2D eigenvalue weighted by Crippen LogP contribution is 2.33. The molecule has 0 aliphatic heterocycles. The molecule has 2 nitrogen and oxygen atoms in total. The zero-order chi connectivity index (χ0) is 12.1. The maximum absolute atomic E-state index is 10.2. The molecule has 3 heteroatoms. The zero-order valence-electron chi connectivity index (χ0n) is 10.0. The van der Waals surface area contributed by atoms with Crippen molar-refractivity contribution in [2.75, 3.05) is 7.11 Å². The van der Waals surface area contributed by atoms with Gasteiger partial charge in [-0.3, -0.25) is 0 Å². The van der Waals surface area contributed by atoms with E-state index in [9.17, 15) is 5.11 Å². The Morgan fingerprint density at radius 3 is 2.69 bits per heavy atom. The van der Waals surface area contributed by atoms with E-state index in [1.807, 2.05) is 13.0 Å². The molecular weight excluding hydrogens is 224 g/mol. The Balaban J connectivity index is 2.93. The molecule has 0 bridgehead atoms. The van der Waals surface area contributed by atoms with Gasteiger partial charge >= 0.3 is 0 Å². The van der Waals surface area contributed by atoms with Crippen molar-refractivity contribution in [3.05, 3.63) is 28.8 Å². The van der Waals surface area contributed by atoms with Crippen molar-refractivity contribution < 1.29 is 9.84 Å². The molecule has 16 heavy (non-hydrogen) atoms. The van der Waals surface area contributed by atoms with E-state index >= 15 is 0 Å². The molecule has 0 amide bonds. The van der Waals surface area contributed by atoms with Crippen molar-refractivity contribution in [3.8, 4) is 5.75 Å². The highest BCUT2D eigenvalue weighted by atomic mass is 35.5. The van der Waals surface area contributed by atoms with Crippen LogP contribution < -0.4 is 4.74 Å². The molecule has 0 fully saturated rings. The van der Waals surface area contributed by atoms with Crippen LogP contribution in [0.15, 0.2) is 18.2 Å². The summed E-state index contributed by atoms with van der Waals surface area (Å²) >= 11 is 5.88. The number of halogens is 1. The van der Waals surface area contributed by atoms with E-state index in [0.29, 0.717) is 10.8 Å². The third kappa shape index (κ3) is 3.13. The van der Waals surface area contributed by atoms with E-state index in [1.165, 1.54) is 0 Å². The van der Waals surface area contributed by atoms with Gasteiger partial charge in [-0.05, 0) is 24.5 Å². The first-order valence-corrected chi connectivity index (χ1v) is 5.99. The quantitative estimate of drug-likeness (QED) is 0.851. The number of benzene rings is 1. The molecule has 0 aliphatic carbocycles. The van der Waals surface area contributed by atoms with Gasteiger partial charge in [0.2, 0.25) is 0 Å². The minimum Gasteiger partial charge on any atom is -0.496 e. The van der Waals surface area contributed by atoms with Gasteiger partial charge in [0.25, 0.3) is 0 Å². The van der Waals surface area contributed by atoms with Crippen LogP contribution in [0, 0.1) is 5.92 Å². The van der Waals surface area contributed by atoms with Gasteiger partial charge in [-0.2, -0.15) is 0 Å². The van der Waals surface area contributed by atoms with Crippen LogP contribution in [0.5, 0.6) is 5.75 Å². The number of rotatable bonds is 5. The highest BCUT2D eigenvalue weighted by molar-refractivity contribution is 6.30. The normalized spacial score (nSPS) is 14.6. The van der Waals surface area contributed by atoms with Gasteiger partial charge in [-0.1, -0.05) is 37.9 Å². The summed E-state index contributed by atoms with van der Waals surface area (Å²) in [7, 11) is 1.59. The van der Waals surface area contributed by atoms with Gasteiger partial charge in [0.1, 0.15) is 5.75 Å². The monoisotopic (exact) mass is 242 g/mol. The van der Waals surface area contributed by atoms with Crippen LogP contribution in [0.2, 0.25) is 5.02 Å². The average molecular weight is 243 g/mol. The summed E-state index contributed by atoms with van der Waals surface area (Å²) in [4.78, 5) is 0. The fourth-order valence-electron chi connectivity index (χ4n) is 1.85. The predicted molar refractivity (Wildman–Crippen MR) is 67.0 cm³/mol. The van der Waals surface area contributed by atoms with Gasteiger partial charge in [0, 0.05) is 10.6 Å². The second-order valence-corrected chi connectivity index (χ2v) is 4.53. The molecule has 90 valence electrons. The lowest BCUT2D eigenvalue weighted by Crippen LogP contribution is -2.10. The van der Waals surface area contributed by atoms with Gasteiger partial charge < -0.3 is 9.84 Å². The molecule has 0 aromatic heterocycles. The summed E-state index contributed by atoms with van der Waals surface area (Å²) in [5.74, 6) is 0.878. The summed E-state index contributed by atoms with van der Waals surface area (Å²) in [6.07, 6.45) is 1.56. The van der Waals surface area contributed by atoms with E-state index in [2.05, 4.69) is 6.92 Å². The molecule has 0 aliphatic rings. The molecule has 1 aromatic rings. The first kappa shape index (κ1) is 13.3. The van der Waals surface area contributed by atoms with E-state index in [4.69, 9.17) is 16.3 Å². The van der Waals surface area contributed by atoms with Crippen molar-refractivity contribution in [2.45, 2.75) is 32.8 Å². The van der Waals surface area contributed by atoms with E-state index in [0.717, 1.165) is 18.4 Å². The van der Waals surface area contributed by atoms with Crippen LogP contribution >= 0.6 is 11.6 Å². The Morgan fingerprint density at radius 2 is 2.12 bits per heavy atom. The van der Waals surface area contributed by atoms with Crippen LogP contribution in [0.4, 0.5) is 0 Å². The number of aliphatic hydroxyl groups excluding tert-OH is 1. The van der Waals surface area contributed by atoms with Crippen LogP contribution in [0.1, 0.15) is 38.4 Å². The summed E-state index contributed by atoms with van der Waals surface area (Å²) in [6, 6.07) is 5.35. The third-order valence-electron chi connectivity index (χ3n) is 2.80. The SMILES string of the molecule is CCCC(C)C(O)c1ccc(Cl)cc1OC. The standard InChI is InChI=1S/C13H19ClO2/c1-4-5-9(2)13(15)11-7-6-10(14)8-12(11)16-3/h6-9,13,15H,4-5H2,1-3H3. The Labute approximate surface area is 102 Å². The number of ether oxygens (including phenoxy) is 1. The van der Waals surface area contributed by atoms with Crippen molar-refractivity contribution >= 4 is 11.6 Å². The summed E-state index contributed by atoms with van der Waals surface area (Å²) in [6.45, 7) is 4.16. The number of methoxy groups -OCH3 is 1. The Bertz CT molecular complexity index is 339. The number of hydrogen-bond donors (Lipinski definition) is 1. The molecule has 1 rings (SSSR count). The van der Waals surface area contributed by atoms with Crippen molar-refractivity contribution in [3.63, 3.8) is 0 Å². The van der Waals surface area contributed by atoms with Crippen molar-refractivity contribution in [1.29, 1.82) is 0 Å². The summed E-state index contributed by atoms with van der Waals surface area (Å²) in [5.41, 5.74) is 0.813. The first-order chi connectivity index (χ1) is 7.60. The summed E-state index contributed by atoms with van der Waals surface area (Å²) in [5, 5.41) is 10.8. The van der Waals surface area contributed by atoms with Gasteiger partial charge in [0.05, 0.1) is 13.2 Å². The lowest BCUT2D eigenvalue weighted by atomic mass is 9.93. The minimum absolute atomic E-state index is 0.222. The molecule has 1 aromatic carbocycles. The minimum atomic E-state index is -0.493. The second kappa shape index (κ2) is 6.12. The summed E-state index contributed by atoms with van der Waals surface area (Å²) < 4.78 is 5.23. The lowest BCUT2D eigenvalue weighted by molar-refractivity contribution is 0.109. The molecule has 1 N–H and O–H groups in total. The van der Waals surface area contributed by atoms with Crippen molar-refractivity contribution in [1.82, 2.24) is 0 Å². The Hall–Kier alpha value is -0.730. The van der Waals surface area contributed by atoms with Gasteiger partial charge in [0.15, 0.2) is 0 Å². The average Bonchev–Trinajstić information content (AvgIpc) is 2.28. The molecule has 0 heterocycles. The van der Waals surface area contributed by atoms with Crippen LogP contribution in [-0.2, 0) is 0 Å². The predicted octanol–water partition coefficient (Wildman–Crippen LogP) is 3.82. The van der Waals surface area contributed by atoms with Gasteiger partial charge in [-0.15, -0.1) is 0 Å². The molecule has 2 unspecified atom stereocenters. The number of hydrogen-bond acceptors (Lipinski definition) is 2. The topological polar surface area (TPSA) is 29.5 Å². The molecule has 0 saturated carbocycles. The largest absolute Gasteiger partial charge is 0.496 e. The molecule has 0 saturated heterocycles. The lowest BCUT2D eigenvalue weighted by Gasteiger charge is -2.20. The Kier molecular flexibility index (Phi) is 5.10. The van der Waals surface area contributed by atoms with Gasteiger partial charge in [-0.25, -0.2) is 0 Å². The van der Waals surface area contributed by atoms with Crippen LogP contribution in [0.25, 0.3) is 0 Å². The van der Waals surface area contributed by atoms with Crippen LogP contribution in [0.3, 0.4) is 0 Å². The second-order valence-electron chi connectivity index (χ2n) is 4.10. The first-order valence-electron chi connectivity index (χ1n) is 5.61. The molecular formula is C13H19ClO2. The molecule has 0 spiro atoms. The maximum atomic E-state index is 10.2. The molecule has 0 radical (unpaired) electrons. The fraction of sp³-hybridized carbons (Fsp3) is 0.538. The smallest absolute Gasteiger partial charge is 0.126 e. The van der Waals surface area contributed by atoms with E-state index < -0.39 is 6.10 Å². The van der Waals surface area contributed by atoms with E-state index in [-0.39, 0.29) is 5.92 Å². The third-order valence-corrected chi connectivity index (χ3v) is 3.03. The Morgan fingerprint density at radius 1 is 1.44 bits per heavy atom. The maximum Gasteiger partial charge on any atom is 0.126 e. The van der Waals surface area contributed by atoms with Crippen molar-refractivity contribution in [2.24, 2.45) is 5.92 Å². The molecule has 2 atom stereocenters. The van der Waals surface area contributed by atoms with E-state index in [1.54, 1.807) is 19.2 Å². The zero-order valence-corrected chi connectivity index (χ0v) is 10.8. The number of aliphatic hydroxyl groups is 1. The fourth-order valence-corrected chi connectivity index (χ4v) is 2.01. The van der Waals surface area contributed by atoms with Crippen LogP contribution in [-0.4, -0.2) is 12.2 Å².